The van der Waals surface area contributed by atoms with Crippen LogP contribution in [-0.4, -0.2) is 22.4 Å². The lowest BCUT2D eigenvalue weighted by atomic mass is 9.85. The first-order valence-electron chi connectivity index (χ1n) is 7.77. The summed E-state index contributed by atoms with van der Waals surface area (Å²) in [5.74, 6) is 1.29. The molecule has 4 heteroatoms. The maximum atomic E-state index is 9.65. The van der Waals surface area contributed by atoms with Crippen molar-refractivity contribution < 1.29 is 20.1 Å². The van der Waals surface area contributed by atoms with Crippen LogP contribution in [-0.2, 0) is 12.8 Å². The fourth-order valence-corrected chi connectivity index (χ4v) is 2.69. The molecule has 0 aliphatic rings. The molecule has 2 unspecified atom stereocenters. The van der Waals surface area contributed by atoms with Crippen LogP contribution in [0.2, 0.25) is 0 Å². The highest BCUT2D eigenvalue weighted by Crippen LogP contribution is 2.30. The molecule has 0 saturated heterocycles. The normalized spacial score (nSPS) is 13.5. The van der Waals surface area contributed by atoms with Crippen LogP contribution in [0, 0.1) is 11.8 Å². The fourth-order valence-electron chi connectivity index (χ4n) is 2.69. The summed E-state index contributed by atoms with van der Waals surface area (Å²) in [6, 6.07) is 10.4. The molecule has 2 rings (SSSR count). The third kappa shape index (κ3) is 4.31. The topological polar surface area (TPSA) is 69.9 Å². The summed E-state index contributed by atoms with van der Waals surface area (Å²) in [7, 11) is 1.54. The van der Waals surface area contributed by atoms with E-state index in [2.05, 4.69) is 13.8 Å². The molecule has 124 valence electrons. The van der Waals surface area contributed by atoms with Gasteiger partial charge in [0.2, 0.25) is 0 Å². The number of hydrogen-bond donors (Lipinski definition) is 3. The van der Waals surface area contributed by atoms with Crippen molar-refractivity contribution in [1.29, 1.82) is 0 Å². The monoisotopic (exact) mass is 316 g/mol. The van der Waals surface area contributed by atoms with Crippen LogP contribution >= 0.6 is 0 Å². The first-order valence-corrected chi connectivity index (χ1v) is 7.77. The molecule has 4 nitrogen and oxygen atoms in total. The predicted molar refractivity (Wildman–Crippen MR) is 90.2 cm³/mol. The van der Waals surface area contributed by atoms with E-state index in [1.807, 2.05) is 18.2 Å². The van der Waals surface area contributed by atoms with Gasteiger partial charge in [-0.3, -0.25) is 0 Å². The third-order valence-electron chi connectivity index (χ3n) is 4.37. The van der Waals surface area contributed by atoms with Crippen molar-refractivity contribution in [2.24, 2.45) is 11.8 Å². The molecule has 0 amide bonds. The number of ether oxygens (including phenoxy) is 1. The van der Waals surface area contributed by atoms with Crippen LogP contribution in [0.4, 0.5) is 0 Å². The lowest BCUT2D eigenvalue weighted by Crippen LogP contribution is -2.13. The van der Waals surface area contributed by atoms with E-state index in [1.54, 1.807) is 19.2 Å². The van der Waals surface area contributed by atoms with Crippen molar-refractivity contribution in [3.63, 3.8) is 0 Å². The van der Waals surface area contributed by atoms with E-state index in [0.29, 0.717) is 17.6 Å². The second-order valence-corrected chi connectivity index (χ2v) is 6.19. The molecule has 0 bridgehead atoms. The van der Waals surface area contributed by atoms with Crippen LogP contribution < -0.4 is 4.74 Å². The SMILES string of the molecule is COc1cc(CC(C)C(C)Cc2ccc(O)c(O)c2)ccc1O. The third-order valence-corrected chi connectivity index (χ3v) is 4.37. The van der Waals surface area contributed by atoms with Gasteiger partial charge in [-0.05, 0) is 60.1 Å². The van der Waals surface area contributed by atoms with Crippen LogP contribution in [0.1, 0.15) is 25.0 Å². The standard InChI is InChI=1S/C19H24O4/c1-12(8-14-4-6-16(20)18(22)10-14)13(2)9-15-5-7-17(21)19(11-15)23-3/h4-7,10-13,20-22H,8-9H2,1-3H3. The van der Waals surface area contributed by atoms with Crippen LogP contribution in [0.3, 0.4) is 0 Å². The Labute approximate surface area is 137 Å². The molecular formula is C19H24O4. The number of phenolic OH excluding ortho intramolecular Hbond substituents is 3. The maximum Gasteiger partial charge on any atom is 0.160 e. The van der Waals surface area contributed by atoms with E-state index in [-0.39, 0.29) is 17.2 Å². The number of benzene rings is 2. The van der Waals surface area contributed by atoms with Crippen LogP contribution in [0.5, 0.6) is 23.0 Å². The smallest absolute Gasteiger partial charge is 0.160 e. The Balaban J connectivity index is 2.01. The van der Waals surface area contributed by atoms with Crippen molar-refractivity contribution in [2.75, 3.05) is 7.11 Å². The zero-order chi connectivity index (χ0) is 17.0. The molecule has 0 heterocycles. The van der Waals surface area contributed by atoms with Gasteiger partial charge in [-0.1, -0.05) is 26.0 Å². The highest BCUT2D eigenvalue weighted by molar-refractivity contribution is 5.42. The lowest BCUT2D eigenvalue weighted by Gasteiger charge is -2.20. The largest absolute Gasteiger partial charge is 0.504 e. The van der Waals surface area contributed by atoms with Gasteiger partial charge >= 0.3 is 0 Å². The number of rotatable bonds is 6. The Morgan fingerprint density at radius 2 is 1.30 bits per heavy atom. The second kappa shape index (κ2) is 7.27. The Morgan fingerprint density at radius 3 is 1.83 bits per heavy atom. The molecule has 0 aromatic heterocycles. The Hall–Kier alpha value is -2.36. The molecule has 0 aliphatic heterocycles. The van der Waals surface area contributed by atoms with Gasteiger partial charge in [0.05, 0.1) is 7.11 Å². The highest BCUT2D eigenvalue weighted by Gasteiger charge is 2.15. The highest BCUT2D eigenvalue weighted by atomic mass is 16.5. The zero-order valence-electron chi connectivity index (χ0n) is 13.8. The average Bonchev–Trinajstić information content (AvgIpc) is 2.52. The quantitative estimate of drug-likeness (QED) is 0.708. The number of aromatic hydroxyl groups is 3. The molecule has 0 saturated carbocycles. The van der Waals surface area contributed by atoms with Crippen molar-refractivity contribution >= 4 is 0 Å². The summed E-state index contributed by atoms with van der Waals surface area (Å²) in [4.78, 5) is 0. The Morgan fingerprint density at radius 1 is 0.783 bits per heavy atom. The predicted octanol–water partition coefficient (Wildman–Crippen LogP) is 3.87. The molecule has 23 heavy (non-hydrogen) atoms. The second-order valence-electron chi connectivity index (χ2n) is 6.19. The van der Waals surface area contributed by atoms with Gasteiger partial charge in [-0.2, -0.15) is 0 Å². The van der Waals surface area contributed by atoms with Gasteiger partial charge in [-0.25, -0.2) is 0 Å². The minimum Gasteiger partial charge on any atom is -0.504 e. The summed E-state index contributed by atoms with van der Waals surface area (Å²) < 4.78 is 5.15. The summed E-state index contributed by atoms with van der Waals surface area (Å²) in [5.41, 5.74) is 2.12. The Bertz CT molecular complexity index is 666. The maximum absolute atomic E-state index is 9.65. The van der Waals surface area contributed by atoms with Crippen LogP contribution in [0.25, 0.3) is 0 Å². The van der Waals surface area contributed by atoms with E-state index in [4.69, 9.17) is 4.74 Å². The summed E-state index contributed by atoms with van der Waals surface area (Å²) >= 11 is 0. The van der Waals surface area contributed by atoms with E-state index < -0.39 is 0 Å². The molecular weight excluding hydrogens is 292 g/mol. The van der Waals surface area contributed by atoms with Gasteiger partial charge in [0.1, 0.15) is 0 Å². The minimum absolute atomic E-state index is 0.0781. The van der Waals surface area contributed by atoms with E-state index in [9.17, 15) is 15.3 Å². The minimum atomic E-state index is -0.0920. The average molecular weight is 316 g/mol. The van der Waals surface area contributed by atoms with Gasteiger partial charge < -0.3 is 20.1 Å². The Kier molecular flexibility index (Phi) is 5.37. The molecule has 3 N–H and O–H groups in total. The molecule has 0 spiro atoms. The van der Waals surface area contributed by atoms with E-state index in [1.165, 1.54) is 6.07 Å². The number of hydrogen-bond acceptors (Lipinski definition) is 4. The first kappa shape index (κ1) is 17.0. The molecule has 2 aromatic carbocycles. The van der Waals surface area contributed by atoms with Gasteiger partial charge in [-0.15, -0.1) is 0 Å². The molecule has 0 fully saturated rings. The summed E-state index contributed by atoms with van der Waals surface area (Å²) in [6.45, 7) is 4.36. The van der Waals surface area contributed by atoms with Crippen molar-refractivity contribution in [3.8, 4) is 23.0 Å². The molecule has 2 atom stereocenters. The summed E-state index contributed by atoms with van der Waals surface area (Å²) in [5, 5.41) is 28.6. The van der Waals surface area contributed by atoms with E-state index in [0.717, 1.165) is 24.0 Å². The fraction of sp³-hybridized carbons (Fsp3) is 0.368. The lowest BCUT2D eigenvalue weighted by molar-refractivity contribution is 0.367. The zero-order valence-corrected chi connectivity index (χ0v) is 13.8. The molecule has 2 aromatic rings. The van der Waals surface area contributed by atoms with Crippen LogP contribution in [0.15, 0.2) is 36.4 Å². The van der Waals surface area contributed by atoms with Crippen molar-refractivity contribution in [2.45, 2.75) is 26.7 Å². The molecule has 0 aliphatic carbocycles. The van der Waals surface area contributed by atoms with Crippen molar-refractivity contribution in [3.05, 3.63) is 47.5 Å². The van der Waals surface area contributed by atoms with E-state index >= 15 is 0 Å². The molecule has 0 radical (unpaired) electrons. The van der Waals surface area contributed by atoms with Gasteiger partial charge in [0.25, 0.3) is 0 Å². The number of methoxy groups -OCH3 is 1. The first-order chi connectivity index (χ1) is 10.9. The summed E-state index contributed by atoms with van der Waals surface area (Å²) in [6.07, 6.45) is 1.70. The number of phenols is 3. The van der Waals surface area contributed by atoms with Gasteiger partial charge in [0.15, 0.2) is 23.0 Å². The van der Waals surface area contributed by atoms with Crippen molar-refractivity contribution in [1.82, 2.24) is 0 Å². The van der Waals surface area contributed by atoms with Gasteiger partial charge in [0, 0.05) is 0 Å².